The highest BCUT2D eigenvalue weighted by molar-refractivity contribution is 5.85. The number of nitrogens with one attached hydrogen (secondary N) is 2. The number of fused-ring (bicyclic) bond motifs is 1. The topological polar surface area (TPSA) is 98.1 Å². The van der Waals surface area contributed by atoms with E-state index in [2.05, 4.69) is 20.6 Å². The van der Waals surface area contributed by atoms with Crippen molar-refractivity contribution >= 4 is 34.4 Å². The van der Waals surface area contributed by atoms with Crippen LogP contribution in [0.25, 0.3) is 11.0 Å². The van der Waals surface area contributed by atoms with Crippen LogP contribution in [0.5, 0.6) is 0 Å². The molecular formula is C22H27N5O3. The van der Waals surface area contributed by atoms with Crippen LogP contribution in [-0.2, 0) is 4.74 Å². The predicted molar refractivity (Wildman–Crippen MR) is 118 cm³/mol. The van der Waals surface area contributed by atoms with Crippen molar-refractivity contribution in [3.63, 3.8) is 0 Å². The van der Waals surface area contributed by atoms with Crippen LogP contribution < -0.4 is 16.2 Å². The average molecular weight is 409 g/mol. The normalized spacial score (nSPS) is 12.4. The summed E-state index contributed by atoms with van der Waals surface area (Å²) in [5, 5.41) is 6.63. The Bertz CT molecular complexity index is 1100. The van der Waals surface area contributed by atoms with Gasteiger partial charge in [-0.25, -0.2) is 9.78 Å². The van der Waals surface area contributed by atoms with Gasteiger partial charge < -0.3 is 10.1 Å². The van der Waals surface area contributed by atoms with Crippen LogP contribution >= 0.6 is 0 Å². The lowest BCUT2D eigenvalue weighted by Crippen LogP contribution is -2.27. The molecular weight excluding hydrogens is 382 g/mol. The molecule has 8 heteroatoms. The summed E-state index contributed by atoms with van der Waals surface area (Å²) < 4.78 is 6.93. The third-order valence-electron chi connectivity index (χ3n) is 4.48. The van der Waals surface area contributed by atoms with Crippen molar-refractivity contribution in [1.29, 1.82) is 0 Å². The molecule has 1 amide bonds. The number of pyridine rings is 1. The zero-order valence-corrected chi connectivity index (χ0v) is 17.9. The molecule has 3 aromatic rings. The van der Waals surface area contributed by atoms with Gasteiger partial charge in [0.1, 0.15) is 11.2 Å². The molecule has 0 bridgehead atoms. The number of hydrogen-bond acceptors (Lipinski definition) is 6. The lowest BCUT2D eigenvalue weighted by atomic mass is 10.2. The molecule has 30 heavy (non-hydrogen) atoms. The molecule has 1 atom stereocenters. The highest BCUT2D eigenvalue weighted by Gasteiger charge is 2.16. The maximum absolute atomic E-state index is 12.4. The first-order valence-corrected chi connectivity index (χ1v) is 9.91. The molecule has 0 aliphatic rings. The van der Waals surface area contributed by atoms with Crippen LogP contribution in [0.3, 0.4) is 0 Å². The van der Waals surface area contributed by atoms with E-state index < -0.39 is 11.7 Å². The summed E-state index contributed by atoms with van der Waals surface area (Å²) in [6, 6.07) is 10.4. The third kappa shape index (κ3) is 5.14. The van der Waals surface area contributed by atoms with E-state index in [1.165, 1.54) is 0 Å². The van der Waals surface area contributed by atoms with Gasteiger partial charge >= 0.3 is 6.09 Å². The fraction of sp³-hybridized carbons (Fsp3) is 0.364. The van der Waals surface area contributed by atoms with E-state index in [1.54, 1.807) is 47.2 Å². The largest absolute Gasteiger partial charge is 0.444 e. The van der Waals surface area contributed by atoms with Gasteiger partial charge in [-0.05, 0) is 64.4 Å². The number of carbonyl (C=O) groups is 1. The van der Waals surface area contributed by atoms with E-state index in [0.29, 0.717) is 17.3 Å². The first kappa shape index (κ1) is 21.3. The standard InChI is InChI=1S/C22H27N5O3/c1-6-14(2)27-18(28)12-7-15-13-23-20(26-19(15)27)24-16-8-10-17(11-9-16)25-21(29)30-22(3,4)5/h7-14H,6H2,1-5H3,(H,25,29)(H,23,24,26). The van der Waals surface area contributed by atoms with Gasteiger partial charge in [0.25, 0.3) is 5.56 Å². The number of carbonyl (C=O) groups excluding carboxylic acids is 1. The summed E-state index contributed by atoms with van der Waals surface area (Å²) in [6.45, 7) is 9.45. The van der Waals surface area contributed by atoms with Crippen LogP contribution in [0, 0.1) is 0 Å². The maximum atomic E-state index is 12.4. The van der Waals surface area contributed by atoms with E-state index in [0.717, 1.165) is 17.5 Å². The molecule has 0 saturated heterocycles. The molecule has 0 fully saturated rings. The summed E-state index contributed by atoms with van der Waals surface area (Å²) in [5.41, 5.74) is 1.31. The second-order valence-corrected chi connectivity index (χ2v) is 8.10. The predicted octanol–water partition coefficient (Wildman–Crippen LogP) is 4.85. The van der Waals surface area contributed by atoms with E-state index >= 15 is 0 Å². The van der Waals surface area contributed by atoms with Gasteiger partial charge in [-0.1, -0.05) is 6.92 Å². The monoisotopic (exact) mass is 409 g/mol. The van der Waals surface area contributed by atoms with E-state index in [1.807, 2.05) is 34.6 Å². The molecule has 0 aliphatic heterocycles. The second kappa shape index (κ2) is 8.52. The fourth-order valence-corrected chi connectivity index (χ4v) is 2.89. The minimum Gasteiger partial charge on any atom is -0.444 e. The number of nitrogens with zero attached hydrogens (tertiary/aromatic N) is 3. The first-order chi connectivity index (χ1) is 14.2. The molecule has 158 valence electrons. The van der Waals surface area contributed by atoms with Gasteiger partial charge in [0, 0.05) is 35.1 Å². The number of rotatable bonds is 5. The highest BCUT2D eigenvalue weighted by Crippen LogP contribution is 2.20. The van der Waals surface area contributed by atoms with Gasteiger partial charge in [-0.15, -0.1) is 0 Å². The highest BCUT2D eigenvalue weighted by atomic mass is 16.6. The van der Waals surface area contributed by atoms with E-state index in [9.17, 15) is 9.59 Å². The zero-order valence-electron chi connectivity index (χ0n) is 17.9. The van der Waals surface area contributed by atoms with Crippen molar-refractivity contribution in [2.75, 3.05) is 10.6 Å². The van der Waals surface area contributed by atoms with Gasteiger partial charge in [-0.2, -0.15) is 4.98 Å². The van der Waals surface area contributed by atoms with Crippen LogP contribution in [0.4, 0.5) is 22.1 Å². The van der Waals surface area contributed by atoms with Crippen LogP contribution in [0.2, 0.25) is 0 Å². The summed E-state index contributed by atoms with van der Waals surface area (Å²) >= 11 is 0. The number of hydrogen-bond donors (Lipinski definition) is 2. The quantitative estimate of drug-likeness (QED) is 0.625. The SMILES string of the molecule is CCC(C)n1c(=O)ccc2cnc(Nc3ccc(NC(=O)OC(C)(C)C)cc3)nc21. The van der Waals surface area contributed by atoms with Crippen LogP contribution in [-0.4, -0.2) is 26.2 Å². The lowest BCUT2D eigenvalue weighted by Gasteiger charge is -2.19. The first-order valence-electron chi connectivity index (χ1n) is 9.91. The van der Waals surface area contributed by atoms with Crippen LogP contribution in [0.1, 0.15) is 47.1 Å². The molecule has 0 radical (unpaired) electrons. The Kier molecular flexibility index (Phi) is 6.05. The number of amides is 1. The van der Waals surface area contributed by atoms with Crippen molar-refractivity contribution in [3.05, 3.63) is 52.9 Å². The van der Waals surface area contributed by atoms with Crippen molar-refractivity contribution in [2.24, 2.45) is 0 Å². The van der Waals surface area contributed by atoms with E-state index in [-0.39, 0.29) is 11.6 Å². The van der Waals surface area contributed by atoms with Gasteiger partial charge in [0.15, 0.2) is 0 Å². The maximum Gasteiger partial charge on any atom is 0.412 e. The molecule has 2 heterocycles. The van der Waals surface area contributed by atoms with Gasteiger partial charge in [0.2, 0.25) is 5.95 Å². The molecule has 2 N–H and O–H groups in total. The van der Waals surface area contributed by atoms with Gasteiger partial charge in [0.05, 0.1) is 0 Å². The van der Waals surface area contributed by atoms with Gasteiger partial charge in [-0.3, -0.25) is 14.7 Å². The minimum absolute atomic E-state index is 0.0298. The molecule has 0 saturated carbocycles. The zero-order chi connectivity index (χ0) is 21.9. The van der Waals surface area contributed by atoms with E-state index in [4.69, 9.17) is 4.74 Å². The Labute approximate surface area is 175 Å². The number of benzene rings is 1. The number of ether oxygens (including phenoxy) is 1. The number of aromatic nitrogens is 3. The lowest BCUT2D eigenvalue weighted by molar-refractivity contribution is 0.0636. The Balaban J connectivity index is 1.79. The molecule has 0 aliphatic carbocycles. The Morgan fingerprint density at radius 2 is 1.80 bits per heavy atom. The Morgan fingerprint density at radius 3 is 2.43 bits per heavy atom. The molecule has 3 rings (SSSR count). The van der Waals surface area contributed by atoms with Crippen molar-refractivity contribution in [2.45, 2.75) is 52.7 Å². The Hall–Kier alpha value is -3.42. The van der Waals surface area contributed by atoms with Crippen molar-refractivity contribution in [3.8, 4) is 0 Å². The average Bonchev–Trinajstić information content (AvgIpc) is 2.67. The molecule has 0 spiro atoms. The summed E-state index contributed by atoms with van der Waals surface area (Å²) in [6.07, 6.45) is 2.00. The summed E-state index contributed by atoms with van der Waals surface area (Å²) in [4.78, 5) is 33.1. The van der Waals surface area contributed by atoms with Crippen molar-refractivity contribution in [1.82, 2.24) is 14.5 Å². The number of anilines is 3. The molecule has 8 nitrogen and oxygen atoms in total. The van der Waals surface area contributed by atoms with Crippen molar-refractivity contribution < 1.29 is 9.53 Å². The third-order valence-corrected chi connectivity index (χ3v) is 4.48. The molecule has 2 aromatic heterocycles. The summed E-state index contributed by atoms with van der Waals surface area (Å²) in [5.74, 6) is 0.387. The summed E-state index contributed by atoms with van der Waals surface area (Å²) in [7, 11) is 0. The Morgan fingerprint density at radius 1 is 1.13 bits per heavy atom. The fourth-order valence-electron chi connectivity index (χ4n) is 2.89. The smallest absolute Gasteiger partial charge is 0.412 e. The minimum atomic E-state index is -0.560. The molecule has 1 unspecified atom stereocenters. The molecule has 1 aromatic carbocycles. The second-order valence-electron chi connectivity index (χ2n) is 8.10. The van der Waals surface area contributed by atoms with Crippen LogP contribution in [0.15, 0.2) is 47.4 Å².